The van der Waals surface area contributed by atoms with E-state index < -0.39 is 0 Å². The first-order chi connectivity index (χ1) is 14.3. The van der Waals surface area contributed by atoms with Crippen molar-refractivity contribution in [1.29, 1.82) is 5.26 Å². The van der Waals surface area contributed by atoms with Crippen molar-refractivity contribution >= 4 is 35.6 Å². The number of nitrogens with zero attached hydrogens (tertiary/aromatic N) is 3. The van der Waals surface area contributed by atoms with Gasteiger partial charge in [0, 0.05) is 32.7 Å². The smallest absolute Gasteiger partial charge is 0.191 e. The minimum atomic E-state index is 0. The normalized spacial score (nSPS) is 16.3. The van der Waals surface area contributed by atoms with Gasteiger partial charge in [0.25, 0.3) is 0 Å². The van der Waals surface area contributed by atoms with E-state index in [-0.39, 0.29) is 30.0 Å². The monoisotopic (exact) mass is 519 g/mol. The molecule has 1 saturated heterocycles. The standard InChI is InChI=1S/C23H29N5O.HI/c1-25-23(26-13-15-29-18-19-8-3-2-4-9-19)27-21-11-7-14-28(17-21)22-12-6-5-10-20(22)16-24;/h2-6,8-10,12,21H,7,11,13-15,17-18H2,1H3,(H2,25,26,27);1H. The molecule has 0 spiro atoms. The van der Waals surface area contributed by atoms with Gasteiger partial charge in [-0.25, -0.2) is 0 Å². The number of piperidine rings is 1. The van der Waals surface area contributed by atoms with Crippen LogP contribution in [-0.2, 0) is 11.3 Å². The van der Waals surface area contributed by atoms with Crippen LogP contribution >= 0.6 is 24.0 Å². The van der Waals surface area contributed by atoms with Crippen molar-refractivity contribution in [2.45, 2.75) is 25.5 Å². The minimum absolute atomic E-state index is 0. The first-order valence-corrected chi connectivity index (χ1v) is 10.1. The van der Waals surface area contributed by atoms with Gasteiger partial charge in [0.2, 0.25) is 0 Å². The van der Waals surface area contributed by atoms with E-state index in [1.54, 1.807) is 7.05 Å². The molecule has 1 fully saturated rings. The van der Waals surface area contributed by atoms with Crippen LogP contribution in [0.1, 0.15) is 24.0 Å². The Hall–Kier alpha value is -2.31. The number of para-hydroxylation sites is 1. The van der Waals surface area contributed by atoms with E-state index in [4.69, 9.17) is 4.74 Å². The molecule has 160 valence electrons. The van der Waals surface area contributed by atoms with Crippen molar-refractivity contribution in [2.75, 3.05) is 38.2 Å². The summed E-state index contributed by atoms with van der Waals surface area (Å²) in [5, 5.41) is 16.2. The maximum atomic E-state index is 9.38. The molecule has 0 amide bonds. The van der Waals surface area contributed by atoms with Crippen LogP contribution < -0.4 is 15.5 Å². The second-order valence-corrected chi connectivity index (χ2v) is 7.10. The number of halogens is 1. The fourth-order valence-electron chi connectivity index (χ4n) is 3.55. The van der Waals surface area contributed by atoms with Crippen LogP contribution in [0.25, 0.3) is 0 Å². The van der Waals surface area contributed by atoms with E-state index in [2.05, 4.69) is 38.7 Å². The molecule has 1 aliphatic rings. The van der Waals surface area contributed by atoms with Gasteiger partial charge in [-0.3, -0.25) is 4.99 Å². The molecule has 2 N–H and O–H groups in total. The van der Waals surface area contributed by atoms with Crippen molar-refractivity contribution in [1.82, 2.24) is 10.6 Å². The molecule has 2 aromatic rings. The number of anilines is 1. The number of nitriles is 1. The van der Waals surface area contributed by atoms with E-state index in [1.165, 1.54) is 5.56 Å². The molecule has 0 bridgehead atoms. The van der Waals surface area contributed by atoms with Gasteiger partial charge >= 0.3 is 0 Å². The maximum absolute atomic E-state index is 9.38. The Bertz CT molecular complexity index is 837. The summed E-state index contributed by atoms with van der Waals surface area (Å²) in [5.41, 5.74) is 2.92. The number of guanidine groups is 1. The van der Waals surface area contributed by atoms with Gasteiger partial charge < -0.3 is 20.3 Å². The number of nitrogens with one attached hydrogen (secondary N) is 2. The topological polar surface area (TPSA) is 72.7 Å². The molecule has 1 atom stereocenters. The maximum Gasteiger partial charge on any atom is 0.191 e. The fraction of sp³-hybridized carbons (Fsp3) is 0.391. The van der Waals surface area contributed by atoms with Crippen LogP contribution in [-0.4, -0.2) is 45.3 Å². The first kappa shape index (κ1) is 24.0. The van der Waals surface area contributed by atoms with Crippen molar-refractivity contribution in [3.63, 3.8) is 0 Å². The molecule has 3 rings (SSSR count). The predicted octanol–water partition coefficient (Wildman–Crippen LogP) is 3.53. The highest BCUT2D eigenvalue weighted by atomic mass is 127. The third kappa shape index (κ3) is 7.18. The summed E-state index contributed by atoms with van der Waals surface area (Å²) in [4.78, 5) is 6.63. The number of rotatable bonds is 7. The number of aliphatic imine (C=N–C) groups is 1. The number of hydrogen-bond donors (Lipinski definition) is 2. The molecule has 2 aromatic carbocycles. The quantitative estimate of drug-likeness (QED) is 0.254. The van der Waals surface area contributed by atoms with E-state index in [1.807, 2.05) is 42.5 Å². The molecule has 1 heterocycles. The van der Waals surface area contributed by atoms with E-state index in [0.29, 0.717) is 19.8 Å². The first-order valence-electron chi connectivity index (χ1n) is 10.1. The average molecular weight is 519 g/mol. The minimum Gasteiger partial charge on any atom is -0.375 e. The second kappa shape index (κ2) is 13.1. The molecule has 0 radical (unpaired) electrons. The van der Waals surface area contributed by atoms with Crippen LogP contribution in [0.5, 0.6) is 0 Å². The Labute approximate surface area is 196 Å². The highest BCUT2D eigenvalue weighted by Gasteiger charge is 2.22. The Morgan fingerprint density at radius 1 is 1.20 bits per heavy atom. The third-order valence-corrected chi connectivity index (χ3v) is 5.00. The van der Waals surface area contributed by atoms with Gasteiger partial charge in [0.05, 0.1) is 24.5 Å². The van der Waals surface area contributed by atoms with Gasteiger partial charge in [-0.1, -0.05) is 42.5 Å². The van der Waals surface area contributed by atoms with Crippen LogP contribution in [0.3, 0.4) is 0 Å². The summed E-state index contributed by atoms with van der Waals surface area (Å²) in [6.45, 7) is 3.74. The van der Waals surface area contributed by atoms with Gasteiger partial charge in [0.15, 0.2) is 5.96 Å². The Morgan fingerprint density at radius 3 is 2.73 bits per heavy atom. The van der Waals surface area contributed by atoms with Crippen molar-refractivity contribution in [2.24, 2.45) is 4.99 Å². The van der Waals surface area contributed by atoms with Crippen LogP contribution in [0.2, 0.25) is 0 Å². The molecule has 1 unspecified atom stereocenters. The highest BCUT2D eigenvalue weighted by Crippen LogP contribution is 2.23. The largest absolute Gasteiger partial charge is 0.375 e. The predicted molar refractivity (Wildman–Crippen MR) is 132 cm³/mol. The van der Waals surface area contributed by atoms with Crippen LogP contribution in [0.4, 0.5) is 5.69 Å². The van der Waals surface area contributed by atoms with Gasteiger partial charge in [-0.05, 0) is 30.5 Å². The summed E-state index contributed by atoms with van der Waals surface area (Å²) in [6, 6.07) is 20.6. The fourth-order valence-corrected chi connectivity index (χ4v) is 3.55. The highest BCUT2D eigenvalue weighted by molar-refractivity contribution is 14.0. The Balaban J connectivity index is 0.00000320. The number of ether oxygens (including phenoxy) is 1. The zero-order valence-electron chi connectivity index (χ0n) is 17.4. The van der Waals surface area contributed by atoms with E-state index >= 15 is 0 Å². The van der Waals surface area contributed by atoms with Crippen LogP contribution in [0.15, 0.2) is 59.6 Å². The Kier molecular flexibility index (Phi) is 10.5. The third-order valence-electron chi connectivity index (χ3n) is 5.00. The number of hydrogen-bond acceptors (Lipinski definition) is 4. The molecule has 6 nitrogen and oxygen atoms in total. The molecule has 0 aromatic heterocycles. The van der Waals surface area contributed by atoms with E-state index in [9.17, 15) is 5.26 Å². The summed E-state index contributed by atoms with van der Waals surface area (Å²) >= 11 is 0. The molecule has 1 aliphatic heterocycles. The molecular formula is C23H30IN5O. The SMILES string of the molecule is CN=C(NCCOCc1ccccc1)NC1CCCN(c2ccccc2C#N)C1.I. The lowest BCUT2D eigenvalue weighted by atomic mass is 10.0. The van der Waals surface area contributed by atoms with Crippen molar-refractivity contribution < 1.29 is 4.74 Å². The second-order valence-electron chi connectivity index (χ2n) is 7.10. The summed E-state index contributed by atoms with van der Waals surface area (Å²) in [6.07, 6.45) is 2.16. The van der Waals surface area contributed by atoms with Crippen molar-refractivity contribution in [3.8, 4) is 6.07 Å². The molecule has 0 aliphatic carbocycles. The lowest BCUT2D eigenvalue weighted by molar-refractivity contribution is 0.125. The molecular weight excluding hydrogens is 489 g/mol. The zero-order valence-corrected chi connectivity index (χ0v) is 19.7. The molecule has 0 saturated carbocycles. The lowest BCUT2D eigenvalue weighted by Crippen LogP contribution is -2.51. The lowest BCUT2D eigenvalue weighted by Gasteiger charge is -2.35. The van der Waals surface area contributed by atoms with Gasteiger partial charge in [0.1, 0.15) is 6.07 Å². The molecule has 7 heteroatoms. The zero-order chi connectivity index (χ0) is 20.3. The number of benzene rings is 2. The summed E-state index contributed by atoms with van der Waals surface area (Å²) < 4.78 is 5.72. The van der Waals surface area contributed by atoms with Gasteiger partial charge in [-0.2, -0.15) is 5.26 Å². The van der Waals surface area contributed by atoms with Crippen molar-refractivity contribution in [3.05, 3.63) is 65.7 Å². The molecule has 30 heavy (non-hydrogen) atoms. The average Bonchev–Trinajstić information content (AvgIpc) is 2.79. The van der Waals surface area contributed by atoms with E-state index in [0.717, 1.165) is 43.1 Å². The van der Waals surface area contributed by atoms with Crippen LogP contribution in [0, 0.1) is 11.3 Å². The van der Waals surface area contributed by atoms with Gasteiger partial charge in [-0.15, -0.1) is 24.0 Å². The Morgan fingerprint density at radius 2 is 1.97 bits per heavy atom. The summed E-state index contributed by atoms with van der Waals surface area (Å²) in [7, 11) is 1.78. The summed E-state index contributed by atoms with van der Waals surface area (Å²) in [5.74, 6) is 0.786.